The van der Waals surface area contributed by atoms with E-state index in [4.69, 9.17) is 0 Å². The zero-order chi connectivity index (χ0) is 13.2. The first kappa shape index (κ1) is 14.3. The highest BCUT2D eigenvalue weighted by Crippen LogP contribution is 2.37. The smallest absolute Gasteiger partial charge is 0.224 e. The topological polar surface area (TPSA) is 29.1 Å². The van der Waals surface area contributed by atoms with Crippen molar-refractivity contribution in [2.24, 2.45) is 17.8 Å². The molecule has 0 spiro atoms. The Balaban J connectivity index is 2.75. The van der Waals surface area contributed by atoms with Gasteiger partial charge in [-0.2, -0.15) is 0 Å². The van der Waals surface area contributed by atoms with Crippen LogP contribution in [0.5, 0.6) is 0 Å². The molecule has 0 saturated heterocycles. The van der Waals surface area contributed by atoms with Crippen molar-refractivity contribution in [2.75, 3.05) is 0 Å². The Bertz CT molecular complexity index is 301. The van der Waals surface area contributed by atoms with Crippen LogP contribution in [0.15, 0.2) is 12.2 Å². The molecule has 1 aliphatic carbocycles. The van der Waals surface area contributed by atoms with Gasteiger partial charge in [-0.3, -0.25) is 4.79 Å². The monoisotopic (exact) mass is 237 g/mol. The standard InChI is InChI=1S/C15H27NO/c1-10(2)12-8-7-11(3)9-13(12)14(17)16-15(4,5)6/h11-13H,1,7-9H2,2-6H3,(H,16,17). The van der Waals surface area contributed by atoms with Gasteiger partial charge in [0.15, 0.2) is 0 Å². The van der Waals surface area contributed by atoms with Crippen LogP contribution in [0, 0.1) is 17.8 Å². The number of nitrogens with one attached hydrogen (secondary N) is 1. The van der Waals surface area contributed by atoms with Crippen molar-refractivity contribution >= 4 is 5.91 Å². The molecule has 17 heavy (non-hydrogen) atoms. The third kappa shape index (κ3) is 4.18. The Labute approximate surface area is 106 Å². The number of amides is 1. The van der Waals surface area contributed by atoms with Gasteiger partial charge in [-0.1, -0.05) is 25.5 Å². The number of hydrogen-bond donors (Lipinski definition) is 1. The van der Waals surface area contributed by atoms with E-state index in [0.29, 0.717) is 11.8 Å². The summed E-state index contributed by atoms with van der Waals surface area (Å²) in [5, 5.41) is 3.11. The maximum absolute atomic E-state index is 12.3. The lowest BCUT2D eigenvalue weighted by atomic mass is 9.71. The molecule has 98 valence electrons. The normalized spacial score (nSPS) is 29.8. The molecule has 2 nitrogen and oxygen atoms in total. The van der Waals surface area contributed by atoms with Gasteiger partial charge in [0.1, 0.15) is 0 Å². The summed E-state index contributed by atoms with van der Waals surface area (Å²) < 4.78 is 0. The van der Waals surface area contributed by atoms with Crippen molar-refractivity contribution in [3.05, 3.63) is 12.2 Å². The third-order valence-electron chi connectivity index (χ3n) is 3.58. The molecule has 0 radical (unpaired) electrons. The van der Waals surface area contributed by atoms with Crippen molar-refractivity contribution < 1.29 is 4.79 Å². The van der Waals surface area contributed by atoms with Gasteiger partial charge in [-0.15, -0.1) is 0 Å². The summed E-state index contributed by atoms with van der Waals surface area (Å²) in [5.74, 6) is 1.35. The highest BCUT2D eigenvalue weighted by atomic mass is 16.2. The molecular weight excluding hydrogens is 210 g/mol. The average Bonchev–Trinajstić information content (AvgIpc) is 2.14. The molecule has 1 rings (SSSR count). The van der Waals surface area contributed by atoms with Crippen LogP contribution in [0.25, 0.3) is 0 Å². The second kappa shape index (κ2) is 5.24. The van der Waals surface area contributed by atoms with Crippen LogP contribution in [-0.2, 0) is 4.79 Å². The summed E-state index contributed by atoms with van der Waals surface area (Å²) in [4.78, 5) is 12.3. The second-order valence-electron chi connectivity index (χ2n) is 6.72. The number of allylic oxidation sites excluding steroid dienone is 1. The fourth-order valence-corrected chi connectivity index (χ4v) is 2.72. The summed E-state index contributed by atoms with van der Waals surface area (Å²) in [6.07, 6.45) is 3.33. The predicted molar refractivity (Wildman–Crippen MR) is 72.7 cm³/mol. The van der Waals surface area contributed by atoms with E-state index in [2.05, 4.69) is 25.7 Å². The van der Waals surface area contributed by atoms with Crippen LogP contribution in [0.3, 0.4) is 0 Å². The first-order chi connectivity index (χ1) is 7.70. The lowest BCUT2D eigenvalue weighted by Gasteiger charge is -2.36. The van der Waals surface area contributed by atoms with Crippen molar-refractivity contribution in [3.8, 4) is 0 Å². The molecule has 1 N–H and O–H groups in total. The maximum Gasteiger partial charge on any atom is 0.224 e. The molecule has 1 aliphatic rings. The van der Waals surface area contributed by atoms with Crippen LogP contribution < -0.4 is 5.32 Å². The molecular formula is C15H27NO. The molecule has 0 aliphatic heterocycles. The summed E-state index contributed by atoms with van der Waals surface area (Å²) in [5.41, 5.74) is 1.02. The van der Waals surface area contributed by atoms with E-state index >= 15 is 0 Å². The molecule has 1 fully saturated rings. The SMILES string of the molecule is C=C(C)C1CCC(C)CC1C(=O)NC(C)(C)C. The average molecular weight is 237 g/mol. The van der Waals surface area contributed by atoms with E-state index in [1.165, 1.54) is 6.42 Å². The zero-order valence-electron chi connectivity index (χ0n) is 12.0. The zero-order valence-corrected chi connectivity index (χ0v) is 12.0. The molecule has 1 amide bonds. The van der Waals surface area contributed by atoms with Crippen molar-refractivity contribution in [2.45, 2.75) is 59.4 Å². The van der Waals surface area contributed by atoms with Crippen LogP contribution in [0.1, 0.15) is 53.9 Å². The highest BCUT2D eigenvalue weighted by molar-refractivity contribution is 5.80. The number of carbonyl (C=O) groups is 1. The molecule has 2 heteroatoms. The fraction of sp³-hybridized carbons (Fsp3) is 0.800. The van der Waals surface area contributed by atoms with Gasteiger partial charge in [0.05, 0.1) is 0 Å². The minimum Gasteiger partial charge on any atom is -0.351 e. The Morgan fingerprint density at radius 1 is 1.24 bits per heavy atom. The quantitative estimate of drug-likeness (QED) is 0.731. The Morgan fingerprint density at radius 2 is 1.82 bits per heavy atom. The van der Waals surface area contributed by atoms with E-state index in [-0.39, 0.29) is 17.4 Å². The van der Waals surface area contributed by atoms with Crippen molar-refractivity contribution in [1.82, 2.24) is 5.32 Å². The van der Waals surface area contributed by atoms with Gasteiger partial charge in [0.2, 0.25) is 5.91 Å². The molecule has 1 saturated carbocycles. The summed E-state index contributed by atoms with van der Waals surface area (Å²) in [6, 6.07) is 0. The van der Waals surface area contributed by atoms with E-state index in [0.717, 1.165) is 18.4 Å². The first-order valence-corrected chi connectivity index (χ1v) is 6.68. The maximum atomic E-state index is 12.3. The van der Waals surface area contributed by atoms with Crippen LogP contribution in [-0.4, -0.2) is 11.4 Å². The molecule has 0 heterocycles. The molecule has 0 aromatic rings. The van der Waals surface area contributed by atoms with Crippen molar-refractivity contribution in [1.29, 1.82) is 0 Å². The summed E-state index contributed by atoms with van der Waals surface area (Å²) in [7, 11) is 0. The van der Waals surface area contributed by atoms with Gasteiger partial charge in [-0.25, -0.2) is 0 Å². The van der Waals surface area contributed by atoms with E-state index in [1.54, 1.807) is 0 Å². The number of carbonyl (C=O) groups excluding carboxylic acids is 1. The van der Waals surface area contributed by atoms with Crippen LogP contribution in [0.4, 0.5) is 0 Å². The summed E-state index contributed by atoms with van der Waals surface area (Å²) in [6.45, 7) is 14.5. The minimum absolute atomic E-state index is 0.121. The van der Waals surface area contributed by atoms with Gasteiger partial charge in [0.25, 0.3) is 0 Å². The lowest BCUT2D eigenvalue weighted by molar-refractivity contribution is -0.129. The lowest BCUT2D eigenvalue weighted by Crippen LogP contribution is -2.47. The van der Waals surface area contributed by atoms with Gasteiger partial charge >= 0.3 is 0 Å². The van der Waals surface area contributed by atoms with Crippen molar-refractivity contribution in [3.63, 3.8) is 0 Å². The predicted octanol–water partition coefficient (Wildman–Crippen LogP) is 3.53. The van der Waals surface area contributed by atoms with Crippen LogP contribution in [0.2, 0.25) is 0 Å². The van der Waals surface area contributed by atoms with Gasteiger partial charge < -0.3 is 5.32 Å². The summed E-state index contributed by atoms with van der Waals surface area (Å²) >= 11 is 0. The second-order valence-corrected chi connectivity index (χ2v) is 6.72. The first-order valence-electron chi connectivity index (χ1n) is 6.68. The Kier molecular flexibility index (Phi) is 4.40. The molecule has 0 aromatic heterocycles. The molecule has 3 unspecified atom stereocenters. The molecule has 0 bridgehead atoms. The van der Waals surface area contributed by atoms with Gasteiger partial charge in [0, 0.05) is 11.5 Å². The van der Waals surface area contributed by atoms with Crippen LogP contribution >= 0.6 is 0 Å². The molecule has 3 atom stereocenters. The fourth-order valence-electron chi connectivity index (χ4n) is 2.72. The number of rotatable bonds is 2. The largest absolute Gasteiger partial charge is 0.351 e. The highest BCUT2D eigenvalue weighted by Gasteiger charge is 2.35. The Morgan fingerprint density at radius 3 is 2.29 bits per heavy atom. The van der Waals surface area contributed by atoms with E-state index in [9.17, 15) is 4.79 Å². The molecule has 0 aromatic carbocycles. The van der Waals surface area contributed by atoms with Gasteiger partial charge in [-0.05, 0) is 52.4 Å². The van der Waals surface area contributed by atoms with E-state index in [1.807, 2.05) is 20.8 Å². The Hall–Kier alpha value is -0.790. The minimum atomic E-state index is -0.141. The third-order valence-corrected chi connectivity index (χ3v) is 3.58. The number of hydrogen-bond acceptors (Lipinski definition) is 1. The van der Waals surface area contributed by atoms with E-state index < -0.39 is 0 Å².